The monoisotopic (exact) mass is 508 g/mol. The minimum absolute atomic E-state index is 0.00243. The quantitative estimate of drug-likeness (QED) is 0.281. The SMILES string of the molecule is CCc1ccc(NC(=O)/C(C#N)=C/c2cc(Br)c(Cc3ccccc3Cl)c(OC)c2)cc1. The van der Waals surface area contributed by atoms with E-state index in [4.69, 9.17) is 16.3 Å². The Labute approximate surface area is 201 Å². The van der Waals surface area contributed by atoms with Gasteiger partial charge in [-0.05, 0) is 59.5 Å². The summed E-state index contributed by atoms with van der Waals surface area (Å²) in [6, 6.07) is 20.8. The fraction of sp³-hybridized carbons (Fsp3) is 0.154. The third-order valence-electron chi connectivity index (χ3n) is 5.02. The second-order valence-electron chi connectivity index (χ2n) is 7.13. The molecular weight excluding hydrogens is 488 g/mol. The highest BCUT2D eigenvalue weighted by Crippen LogP contribution is 2.33. The number of ether oxygens (including phenoxy) is 1. The van der Waals surface area contributed by atoms with Crippen LogP contribution >= 0.6 is 27.5 Å². The van der Waals surface area contributed by atoms with E-state index in [9.17, 15) is 10.1 Å². The summed E-state index contributed by atoms with van der Waals surface area (Å²) < 4.78 is 6.39. The van der Waals surface area contributed by atoms with Gasteiger partial charge in [0.25, 0.3) is 5.91 Å². The second-order valence-corrected chi connectivity index (χ2v) is 8.39. The molecule has 0 spiro atoms. The number of nitrogens with one attached hydrogen (secondary N) is 1. The Bertz CT molecular complexity index is 1200. The van der Waals surface area contributed by atoms with Gasteiger partial charge in [0.15, 0.2) is 0 Å². The van der Waals surface area contributed by atoms with Crippen LogP contribution in [0.2, 0.25) is 5.02 Å². The molecule has 0 aliphatic rings. The summed E-state index contributed by atoms with van der Waals surface area (Å²) in [6.45, 7) is 2.07. The lowest BCUT2D eigenvalue weighted by Gasteiger charge is -2.13. The van der Waals surface area contributed by atoms with E-state index >= 15 is 0 Å². The number of hydrogen-bond acceptors (Lipinski definition) is 3. The van der Waals surface area contributed by atoms with Crippen LogP contribution in [0.15, 0.2) is 70.7 Å². The van der Waals surface area contributed by atoms with Gasteiger partial charge in [-0.1, -0.05) is 64.8 Å². The van der Waals surface area contributed by atoms with Crippen molar-refractivity contribution in [3.63, 3.8) is 0 Å². The summed E-state index contributed by atoms with van der Waals surface area (Å²) in [6.07, 6.45) is 3.04. The Morgan fingerprint density at radius 1 is 1.19 bits per heavy atom. The van der Waals surface area contributed by atoms with Crippen LogP contribution < -0.4 is 10.1 Å². The molecule has 0 saturated heterocycles. The maximum absolute atomic E-state index is 12.6. The van der Waals surface area contributed by atoms with Crippen molar-refractivity contribution in [3.8, 4) is 11.8 Å². The lowest BCUT2D eigenvalue weighted by Crippen LogP contribution is -2.13. The van der Waals surface area contributed by atoms with Crippen molar-refractivity contribution in [1.82, 2.24) is 0 Å². The van der Waals surface area contributed by atoms with E-state index in [2.05, 4.69) is 28.2 Å². The third kappa shape index (κ3) is 5.79. The minimum Gasteiger partial charge on any atom is -0.496 e. The Kier molecular flexibility index (Phi) is 8.10. The smallest absolute Gasteiger partial charge is 0.266 e. The molecule has 3 aromatic rings. The van der Waals surface area contributed by atoms with Crippen LogP contribution in [0.3, 0.4) is 0 Å². The van der Waals surface area contributed by atoms with Crippen LogP contribution in [-0.4, -0.2) is 13.0 Å². The molecule has 32 heavy (non-hydrogen) atoms. The Balaban J connectivity index is 1.87. The summed E-state index contributed by atoms with van der Waals surface area (Å²) in [5, 5.41) is 13.0. The first-order valence-corrected chi connectivity index (χ1v) is 11.2. The number of halogens is 2. The zero-order valence-electron chi connectivity index (χ0n) is 17.8. The second kappa shape index (κ2) is 11.0. The molecule has 3 aromatic carbocycles. The molecule has 0 fully saturated rings. The van der Waals surface area contributed by atoms with Crippen LogP contribution in [0, 0.1) is 11.3 Å². The molecule has 4 nitrogen and oxygen atoms in total. The van der Waals surface area contributed by atoms with Crippen LogP contribution in [0.4, 0.5) is 5.69 Å². The Morgan fingerprint density at radius 2 is 1.91 bits per heavy atom. The highest BCUT2D eigenvalue weighted by Gasteiger charge is 2.14. The molecule has 6 heteroatoms. The number of hydrogen-bond donors (Lipinski definition) is 1. The molecule has 0 aliphatic heterocycles. The summed E-state index contributed by atoms with van der Waals surface area (Å²) in [5.41, 5.74) is 4.39. The molecule has 0 unspecified atom stereocenters. The van der Waals surface area contributed by atoms with Crippen molar-refractivity contribution in [2.24, 2.45) is 0 Å². The normalized spacial score (nSPS) is 11.0. The van der Waals surface area contributed by atoms with Crippen molar-refractivity contribution < 1.29 is 9.53 Å². The van der Waals surface area contributed by atoms with Gasteiger partial charge < -0.3 is 10.1 Å². The number of rotatable bonds is 7. The lowest BCUT2D eigenvalue weighted by atomic mass is 10.0. The van der Waals surface area contributed by atoms with Crippen molar-refractivity contribution in [2.75, 3.05) is 12.4 Å². The average molecular weight is 510 g/mol. The van der Waals surface area contributed by atoms with Crippen LogP contribution in [0.25, 0.3) is 6.08 Å². The molecule has 3 rings (SSSR count). The Hall–Kier alpha value is -3.07. The number of methoxy groups -OCH3 is 1. The van der Waals surface area contributed by atoms with Gasteiger partial charge in [-0.3, -0.25) is 4.79 Å². The molecule has 1 amide bonds. The zero-order valence-corrected chi connectivity index (χ0v) is 20.1. The molecule has 0 aromatic heterocycles. The summed E-state index contributed by atoms with van der Waals surface area (Å²) in [4.78, 5) is 12.6. The molecule has 0 heterocycles. The van der Waals surface area contributed by atoms with Gasteiger partial charge in [-0.15, -0.1) is 0 Å². The molecular formula is C26H22BrClN2O2. The Morgan fingerprint density at radius 3 is 2.53 bits per heavy atom. The van der Waals surface area contributed by atoms with E-state index in [-0.39, 0.29) is 5.57 Å². The van der Waals surface area contributed by atoms with Gasteiger partial charge >= 0.3 is 0 Å². The first kappa shape index (κ1) is 23.6. The lowest BCUT2D eigenvalue weighted by molar-refractivity contribution is -0.112. The standard InChI is InChI=1S/C26H22BrClN2O2/c1-3-17-8-10-21(11-9-17)30-26(31)20(16-29)12-18-13-23(27)22(25(14-18)32-2)15-19-6-4-5-7-24(19)28/h4-14H,3,15H2,1-2H3,(H,30,31)/b20-12+. The highest BCUT2D eigenvalue weighted by molar-refractivity contribution is 9.10. The van der Waals surface area contributed by atoms with Gasteiger partial charge in [0.2, 0.25) is 0 Å². The average Bonchev–Trinajstić information content (AvgIpc) is 2.80. The minimum atomic E-state index is -0.466. The van der Waals surface area contributed by atoms with Gasteiger partial charge in [0.1, 0.15) is 17.4 Å². The predicted molar refractivity (Wildman–Crippen MR) is 133 cm³/mol. The predicted octanol–water partition coefficient (Wildman–Crippen LogP) is 6.81. The largest absolute Gasteiger partial charge is 0.496 e. The van der Waals surface area contributed by atoms with Crippen LogP contribution in [0.1, 0.15) is 29.2 Å². The first-order valence-electron chi connectivity index (χ1n) is 10.1. The number of anilines is 1. The number of nitriles is 1. The summed E-state index contributed by atoms with van der Waals surface area (Å²) >= 11 is 9.91. The maximum Gasteiger partial charge on any atom is 0.266 e. The molecule has 0 aliphatic carbocycles. The van der Waals surface area contributed by atoms with Crippen molar-refractivity contribution in [1.29, 1.82) is 5.26 Å². The number of nitrogens with zero attached hydrogens (tertiary/aromatic N) is 1. The third-order valence-corrected chi connectivity index (χ3v) is 6.09. The van der Waals surface area contributed by atoms with E-state index in [0.717, 1.165) is 22.0 Å². The van der Waals surface area contributed by atoms with Crippen molar-refractivity contribution in [2.45, 2.75) is 19.8 Å². The van der Waals surface area contributed by atoms with E-state index in [0.29, 0.717) is 28.4 Å². The fourth-order valence-corrected chi connectivity index (χ4v) is 4.04. The summed E-state index contributed by atoms with van der Waals surface area (Å²) in [7, 11) is 1.59. The van der Waals surface area contributed by atoms with E-state index in [1.807, 2.05) is 60.7 Å². The highest BCUT2D eigenvalue weighted by atomic mass is 79.9. The van der Waals surface area contributed by atoms with Crippen LogP contribution in [-0.2, 0) is 17.6 Å². The van der Waals surface area contributed by atoms with E-state index in [1.54, 1.807) is 19.3 Å². The number of carbonyl (C=O) groups is 1. The number of carbonyl (C=O) groups excluding carboxylic acids is 1. The van der Waals surface area contributed by atoms with Gasteiger partial charge in [-0.2, -0.15) is 5.26 Å². The van der Waals surface area contributed by atoms with Crippen molar-refractivity contribution in [3.05, 3.63) is 98.0 Å². The molecule has 1 N–H and O–H groups in total. The molecule has 0 bridgehead atoms. The number of benzene rings is 3. The molecule has 0 radical (unpaired) electrons. The van der Waals surface area contributed by atoms with E-state index in [1.165, 1.54) is 5.56 Å². The summed E-state index contributed by atoms with van der Waals surface area (Å²) in [5.74, 6) is 0.172. The van der Waals surface area contributed by atoms with Gasteiger partial charge in [-0.25, -0.2) is 0 Å². The maximum atomic E-state index is 12.6. The number of aryl methyl sites for hydroxylation is 1. The topological polar surface area (TPSA) is 62.1 Å². The molecule has 162 valence electrons. The number of amides is 1. The van der Waals surface area contributed by atoms with Crippen molar-refractivity contribution >= 4 is 45.2 Å². The van der Waals surface area contributed by atoms with E-state index < -0.39 is 5.91 Å². The molecule has 0 atom stereocenters. The fourth-order valence-electron chi connectivity index (χ4n) is 3.24. The van der Waals surface area contributed by atoms with Gasteiger partial charge in [0.05, 0.1) is 7.11 Å². The zero-order chi connectivity index (χ0) is 23.1. The first-order chi connectivity index (χ1) is 15.4. The van der Waals surface area contributed by atoms with Gasteiger partial charge in [0, 0.05) is 27.2 Å². The molecule has 0 saturated carbocycles. The van der Waals surface area contributed by atoms with Crippen LogP contribution in [0.5, 0.6) is 5.75 Å².